The molecular weight excluding hydrogens is 214 g/mol. The first-order valence-electron chi connectivity index (χ1n) is 5.92. The maximum atomic E-state index is 11.3. The molecule has 0 saturated carbocycles. The molecule has 1 rings (SSSR count). The van der Waals surface area contributed by atoms with Gasteiger partial charge < -0.3 is 10.5 Å². The van der Waals surface area contributed by atoms with Gasteiger partial charge in [-0.1, -0.05) is 31.9 Å². The zero-order valence-corrected chi connectivity index (χ0v) is 10.2. The van der Waals surface area contributed by atoms with Crippen LogP contribution in [0.3, 0.4) is 0 Å². The molecular formula is C14H19NO2. The lowest BCUT2D eigenvalue weighted by molar-refractivity contribution is -0.137. The monoisotopic (exact) mass is 233 g/mol. The lowest BCUT2D eigenvalue weighted by atomic mass is 10.2. The Hall–Kier alpha value is -1.77. The van der Waals surface area contributed by atoms with Gasteiger partial charge in [0, 0.05) is 11.8 Å². The van der Waals surface area contributed by atoms with Crippen LogP contribution < -0.4 is 5.73 Å². The van der Waals surface area contributed by atoms with Crippen molar-refractivity contribution in [2.75, 3.05) is 12.3 Å². The fourth-order valence-corrected chi connectivity index (χ4v) is 1.40. The van der Waals surface area contributed by atoms with E-state index in [1.807, 2.05) is 12.1 Å². The molecule has 3 heteroatoms. The number of unbranched alkanes of at least 4 members (excludes halogenated alkanes) is 2. The second kappa shape index (κ2) is 7.49. The number of hydrogen-bond donors (Lipinski definition) is 1. The second-order valence-electron chi connectivity index (χ2n) is 3.88. The van der Waals surface area contributed by atoms with Gasteiger partial charge in [0.15, 0.2) is 0 Å². The van der Waals surface area contributed by atoms with Crippen LogP contribution in [0.25, 0.3) is 6.08 Å². The van der Waals surface area contributed by atoms with E-state index < -0.39 is 0 Å². The van der Waals surface area contributed by atoms with Gasteiger partial charge in [0.1, 0.15) is 0 Å². The number of ether oxygens (including phenoxy) is 1. The fourth-order valence-electron chi connectivity index (χ4n) is 1.40. The zero-order chi connectivity index (χ0) is 12.5. The van der Waals surface area contributed by atoms with E-state index in [9.17, 15) is 4.79 Å². The average molecular weight is 233 g/mol. The molecule has 0 aliphatic carbocycles. The van der Waals surface area contributed by atoms with Crippen molar-refractivity contribution in [3.63, 3.8) is 0 Å². The number of anilines is 1. The van der Waals surface area contributed by atoms with Crippen LogP contribution in [0.1, 0.15) is 31.7 Å². The minimum Gasteiger partial charge on any atom is -0.463 e. The molecule has 92 valence electrons. The zero-order valence-electron chi connectivity index (χ0n) is 10.2. The summed E-state index contributed by atoms with van der Waals surface area (Å²) < 4.78 is 5.04. The van der Waals surface area contributed by atoms with Crippen LogP contribution in [-0.4, -0.2) is 12.6 Å². The number of carbonyl (C=O) groups excluding carboxylic acids is 1. The summed E-state index contributed by atoms with van der Waals surface area (Å²) in [5.41, 5.74) is 7.21. The molecule has 0 atom stereocenters. The largest absolute Gasteiger partial charge is 0.463 e. The lowest BCUT2D eigenvalue weighted by Gasteiger charge is -2.00. The number of nitrogens with two attached hydrogens (primary N) is 1. The Morgan fingerprint density at radius 3 is 2.94 bits per heavy atom. The van der Waals surface area contributed by atoms with E-state index in [1.54, 1.807) is 18.2 Å². The van der Waals surface area contributed by atoms with E-state index in [4.69, 9.17) is 10.5 Å². The van der Waals surface area contributed by atoms with E-state index in [0.29, 0.717) is 12.3 Å². The number of carbonyl (C=O) groups is 1. The summed E-state index contributed by atoms with van der Waals surface area (Å²) >= 11 is 0. The molecule has 1 aromatic carbocycles. The highest BCUT2D eigenvalue weighted by Crippen LogP contribution is 2.08. The number of esters is 1. The summed E-state index contributed by atoms with van der Waals surface area (Å²) in [5.74, 6) is -0.302. The van der Waals surface area contributed by atoms with Crippen molar-refractivity contribution >= 4 is 17.7 Å². The van der Waals surface area contributed by atoms with Crippen LogP contribution >= 0.6 is 0 Å². The standard InChI is InChI=1S/C14H19NO2/c1-2-3-4-10-17-14(16)9-8-12-6-5-7-13(15)11-12/h5-9,11H,2-4,10,15H2,1H3/b9-8+. The second-order valence-corrected chi connectivity index (χ2v) is 3.88. The molecule has 0 amide bonds. The van der Waals surface area contributed by atoms with Gasteiger partial charge >= 0.3 is 5.97 Å². The van der Waals surface area contributed by atoms with Crippen LogP contribution in [0.2, 0.25) is 0 Å². The van der Waals surface area contributed by atoms with Gasteiger partial charge in [-0.25, -0.2) is 4.79 Å². The molecule has 0 radical (unpaired) electrons. The Morgan fingerprint density at radius 2 is 2.24 bits per heavy atom. The quantitative estimate of drug-likeness (QED) is 0.355. The van der Waals surface area contributed by atoms with Crippen molar-refractivity contribution in [3.05, 3.63) is 35.9 Å². The minimum absolute atomic E-state index is 0.302. The number of nitrogen functional groups attached to an aromatic ring is 1. The first kappa shape index (κ1) is 13.3. The van der Waals surface area contributed by atoms with Gasteiger partial charge in [0.2, 0.25) is 0 Å². The Bertz CT molecular complexity index is 386. The Morgan fingerprint density at radius 1 is 1.41 bits per heavy atom. The van der Waals surface area contributed by atoms with Crippen LogP contribution in [0.4, 0.5) is 5.69 Å². The smallest absolute Gasteiger partial charge is 0.330 e. The molecule has 0 heterocycles. The summed E-state index contributed by atoms with van der Waals surface area (Å²) in [6.07, 6.45) is 6.27. The van der Waals surface area contributed by atoms with Crippen LogP contribution in [0.15, 0.2) is 30.3 Å². The Kier molecular flexibility index (Phi) is 5.86. The maximum absolute atomic E-state index is 11.3. The fraction of sp³-hybridized carbons (Fsp3) is 0.357. The van der Waals surface area contributed by atoms with Gasteiger partial charge in [-0.3, -0.25) is 0 Å². The van der Waals surface area contributed by atoms with E-state index in [-0.39, 0.29) is 5.97 Å². The van der Waals surface area contributed by atoms with Crippen molar-refractivity contribution in [2.45, 2.75) is 26.2 Å². The summed E-state index contributed by atoms with van der Waals surface area (Å²) in [7, 11) is 0. The first-order chi connectivity index (χ1) is 8.22. The first-order valence-corrected chi connectivity index (χ1v) is 5.92. The predicted molar refractivity (Wildman–Crippen MR) is 70.4 cm³/mol. The Balaban J connectivity index is 2.35. The summed E-state index contributed by atoms with van der Waals surface area (Å²) in [6, 6.07) is 7.35. The molecule has 0 aliphatic heterocycles. The maximum Gasteiger partial charge on any atom is 0.330 e. The van der Waals surface area contributed by atoms with E-state index in [2.05, 4.69) is 6.92 Å². The van der Waals surface area contributed by atoms with Crippen LogP contribution in [0.5, 0.6) is 0 Å². The van der Waals surface area contributed by atoms with Crippen molar-refractivity contribution in [1.29, 1.82) is 0 Å². The third-order valence-electron chi connectivity index (χ3n) is 2.31. The number of benzene rings is 1. The van der Waals surface area contributed by atoms with Crippen molar-refractivity contribution in [2.24, 2.45) is 0 Å². The third-order valence-corrected chi connectivity index (χ3v) is 2.31. The van der Waals surface area contributed by atoms with Gasteiger partial charge in [-0.05, 0) is 30.2 Å². The molecule has 0 bridgehead atoms. The molecule has 0 spiro atoms. The molecule has 0 unspecified atom stereocenters. The topological polar surface area (TPSA) is 52.3 Å². The van der Waals surface area contributed by atoms with Crippen LogP contribution in [0, 0.1) is 0 Å². The molecule has 0 aliphatic rings. The predicted octanol–water partition coefficient (Wildman–Crippen LogP) is 3.02. The molecule has 17 heavy (non-hydrogen) atoms. The van der Waals surface area contributed by atoms with Crippen molar-refractivity contribution in [1.82, 2.24) is 0 Å². The molecule has 0 fully saturated rings. The molecule has 3 nitrogen and oxygen atoms in total. The third kappa shape index (κ3) is 5.76. The normalized spacial score (nSPS) is 10.6. The highest BCUT2D eigenvalue weighted by molar-refractivity contribution is 5.87. The molecule has 2 N–H and O–H groups in total. The molecule has 0 aromatic heterocycles. The van der Waals surface area contributed by atoms with E-state index in [1.165, 1.54) is 6.08 Å². The van der Waals surface area contributed by atoms with Gasteiger partial charge in [0.25, 0.3) is 0 Å². The summed E-state index contributed by atoms with van der Waals surface area (Å²) in [6.45, 7) is 2.61. The van der Waals surface area contributed by atoms with Gasteiger partial charge in [-0.15, -0.1) is 0 Å². The minimum atomic E-state index is -0.302. The highest BCUT2D eigenvalue weighted by Gasteiger charge is 1.96. The molecule has 1 aromatic rings. The van der Waals surface area contributed by atoms with Crippen molar-refractivity contribution < 1.29 is 9.53 Å². The highest BCUT2D eigenvalue weighted by atomic mass is 16.5. The summed E-state index contributed by atoms with van der Waals surface area (Å²) in [5, 5.41) is 0. The number of hydrogen-bond acceptors (Lipinski definition) is 3. The van der Waals surface area contributed by atoms with E-state index in [0.717, 1.165) is 24.8 Å². The Labute approximate surface area is 102 Å². The average Bonchev–Trinajstić information content (AvgIpc) is 2.32. The SMILES string of the molecule is CCCCCOC(=O)/C=C/c1cccc(N)c1. The van der Waals surface area contributed by atoms with E-state index >= 15 is 0 Å². The van der Waals surface area contributed by atoms with Crippen molar-refractivity contribution in [3.8, 4) is 0 Å². The van der Waals surface area contributed by atoms with Crippen LogP contribution in [-0.2, 0) is 9.53 Å². The lowest BCUT2D eigenvalue weighted by Crippen LogP contribution is -2.01. The molecule has 0 saturated heterocycles. The van der Waals surface area contributed by atoms with Gasteiger partial charge in [-0.2, -0.15) is 0 Å². The van der Waals surface area contributed by atoms with Gasteiger partial charge in [0.05, 0.1) is 6.61 Å². The number of rotatable bonds is 6. The summed E-state index contributed by atoms with van der Waals surface area (Å²) in [4.78, 5) is 11.3.